The van der Waals surface area contributed by atoms with Gasteiger partial charge in [-0.3, -0.25) is 19.9 Å². The number of hydrogen-bond donors (Lipinski definition) is 3. The van der Waals surface area contributed by atoms with Gasteiger partial charge in [-0.1, -0.05) is 13.3 Å². The number of carbonyl (C=O) groups is 2. The van der Waals surface area contributed by atoms with E-state index in [0.717, 1.165) is 25.8 Å². The fourth-order valence-corrected chi connectivity index (χ4v) is 2.15. The molecule has 2 amide bonds. The lowest BCUT2D eigenvalue weighted by molar-refractivity contribution is -0.127. The van der Waals surface area contributed by atoms with Gasteiger partial charge in [0.25, 0.3) is 5.91 Å². The van der Waals surface area contributed by atoms with Gasteiger partial charge in [-0.15, -0.1) is 0 Å². The van der Waals surface area contributed by atoms with E-state index in [2.05, 4.69) is 5.43 Å². The number of hydrogen-bond acceptors (Lipinski definition) is 4. The van der Waals surface area contributed by atoms with E-state index in [0.29, 0.717) is 6.54 Å². The highest BCUT2D eigenvalue weighted by Gasteiger charge is 2.33. The van der Waals surface area contributed by atoms with Crippen molar-refractivity contribution >= 4 is 11.8 Å². The third kappa shape index (κ3) is 2.93. The van der Waals surface area contributed by atoms with E-state index in [1.807, 2.05) is 11.8 Å². The second-order valence-electron chi connectivity index (χ2n) is 4.20. The summed E-state index contributed by atoms with van der Waals surface area (Å²) in [5.41, 5.74) is 7.43. The second kappa shape index (κ2) is 5.81. The topological polar surface area (TPSA) is 101 Å². The lowest BCUT2D eigenvalue weighted by Gasteiger charge is -2.25. The van der Waals surface area contributed by atoms with Crippen LogP contribution in [-0.4, -0.2) is 35.8 Å². The smallest absolute Gasteiger partial charge is 0.251 e. The molecule has 0 spiro atoms. The first-order valence-corrected chi connectivity index (χ1v) is 5.64. The van der Waals surface area contributed by atoms with Crippen molar-refractivity contribution in [3.8, 4) is 0 Å². The van der Waals surface area contributed by atoms with Crippen LogP contribution in [0.4, 0.5) is 0 Å². The van der Waals surface area contributed by atoms with E-state index < -0.39 is 0 Å². The average molecular weight is 228 g/mol. The summed E-state index contributed by atoms with van der Waals surface area (Å²) in [7, 11) is 0. The third-order valence-electron chi connectivity index (χ3n) is 3.07. The summed E-state index contributed by atoms with van der Waals surface area (Å²) < 4.78 is 0. The standard InChI is InChI=1S/C10H20N4O2/c1-2-3-8(10(16)13-12)14-5-4-7(6-14)9(11)15/h7-8H,2-6,12H2,1H3,(H2,11,15)(H,13,16). The number of nitrogens with zero attached hydrogens (tertiary/aromatic N) is 1. The lowest BCUT2D eigenvalue weighted by atomic mass is 10.1. The zero-order valence-electron chi connectivity index (χ0n) is 9.61. The van der Waals surface area contributed by atoms with Crippen LogP contribution in [0.5, 0.6) is 0 Å². The Bertz CT molecular complexity index is 270. The van der Waals surface area contributed by atoms with Gasteiger partial charge in [-0.25, -0.2) is 5.84 Å². The number of nitrogens with two attached hydrogens (primary N) is 2. The molecule has 0 aromatic rings. The Morgan fingerprint density at radius 3 is 2.69 bits per heavy atom. The first kappa shape index (κ1) is 12.9. The van der Waals surface area contributed by atoms with Crippen LogP contribution in [0.25, 0.3) is 0 Å². The largest absolute Gasteiger partial charge is 0.369 e. The van der Waals surface area contributed by atoms with Gasteiger partial charge in [0.1, 0.15) is 0 Å². The molecule has 0 saturated carbocycles. The molecule has 1 rings (SSSR count). The SMILES string of the molecule is CCCC(C(=O)NN)N1CCC(C(N)=O)C1. The molecule has 6 heteroatoms. The fourth-order valence-electron chi connectivity index (χ4n) is 2.15. The Kier molecular flexibility index (Phi) is 4.70. The highest BCUT2D eigenvalue weighted by atomic mass is 16.2. The van der Waals surface area contributed by atoms with Crippen LogP contribution in [0, 0.1) is 5.92 Å². The number of likely N-dealkylation sites (tertiary alicyclic amines) is 1. The molecule has 2 unspecified atom stereocenters. The first-order chi connectivity index (χ1) is 7.60. The molecule has 1 aliphatic rings. The third-order valence-corrected chi connectivity index (χ3v) is 3.07. The van der Waals surface area contributed by atoms with Crippen LogP contribution in [-0.2, 0) is 9.59 Å². The van der Waals surface area contributed by atoms with E-state index in [4.69, 9.17) is 11.6 Å². The molecule has 0 aliphatic carbocycles. The van der Waals surface area contributed by atoms with E-state index in [1.165, 1.54) is 0 Å². The van der Waals surface area contributed by atoms with Crippen LogP contribution in [0.1, 0.15) is 26.2 Å². The first-order valence-electron chi connectivity index (χ1n) is 5.64. The van der Waals surface area contributed by atoms with Crippen LogP contribution >= 0.6 is 0 Å². The summed E-state index contributed by atoms with van der Waals surface area (Å²) in [6.07, 6.45) is 2.37. The van der Waals surface area contributed by atoms with Gasteiger partial charge >= 0.3 is 0 Å². The normalized spacial score (nSPS) is 23.0. The molecule has 1 fully saturated rings. The number of rotatable bonds is 5. The van der Waals surface area contributed by atoms with Crippen molar-refractivity contribution in [1.29, 1.82) is 0 Å². The minimum atomic E-state index is -0.286. The maximum absolute atomic E-state index is 11.6. The Morgan fingerprint density at radius 2 is 2.25 bits per heavy atom. The van der Waals surface area contributed by atoms with Gasteiger partial charge < -0.3 is 5.73 Å². The van der Waals surface area contributed by atoms with Crippen molar-refractivity contribution < 1.29 is 9.59 Å². The van der Waals surface area contributed by atoms with E-state index in [-0.39, 0.29) is 23.8 Å². The van der Waals surface area contributed by atoms with E-state index in [1.54, 1.807) is 0 Å². The van der Waals surface area contributed by atoms with Crippen molar-refractivity contribution in [2.45, 2.75) is 32.2 Å². The molecule has 6 nitrogen and oxygen atoms in total. The molecular weight excluding hydrogens is 208 g/mol. The second-order valence-corrected chi connectivity index (χ2v) is 4.20. The van der Waals surface area contributed by atoms with Gasteiger partial charge in [-0.2, -0.15) is 0 Å². The molecule has 0 bridgehead atoms. The predicted octanol–water partition coefficient (Wildman–Crippen LogP) is -1.05. The van der Waals surface area contributed by atoms with Gasteiger partial charge in [0.05, 0.1) is 12.0 Å². The van der Waals surface area contributed by atoms with Crippen LogP contribution in [0.2, 0.25) is 0 Å². The monoisotopic (exact) mass is 228 g/mol. The Labute approximate surface area is 95.3 Å². The summed E-state index contributed by atoms with van der Waals surface area (Å²) >= 11 is 0. The molecule has 2 atom stereocenters. The molecule has 0 aromatic carbocycles. The van der Waals surface area contributed by atoms with Crippen molar-refractivity contribution in [3.63, 3.8) is 0 Å². The molecule has 16 heavy (non-hydrogen) atoms. The van der Waals surface area contributed by atoms with Gasteiger partial charge in [0.2, 0.25) is 5.91 Å². The number of nitrogens with one attached hydrogen (secondary N) is 1. The highest BCUT2D eigenvalue weighted by molar-refractivity contribution is 5.81. The minimum absolute atomic E-state index is 0.134. The van der Waals surface area contributed by atoms with E-state index in [9.17, 15) is 9.59 Å². The van der Waals surface area contributed by atoms with Crippen molar-refractivity contribution in [2.24, 2.45) is 17.5 Å². The van der Waals surface area contributed by atoms with Crippen molar-refractivity contribution in [3.05, 3.63) is 0 Å². The summed E-state index contributed by atoms with van der Waals surface area (Å²) in [6.45, 7) is 3.30. The molecule has 1 aliphatic heterocycles. The molecule has 1 heterocycles. The number of amides is 2. The zero-order chi connectivity index (χ0) is 12.1. The van der Waals surface area contributed by atoms with Gasteiger partial charge in [0, 0.05) is 6.54 Å². The molecule has 0 radical (unpaired) electrons. The summed E-state index contributed by atoms with van der Waals surface area (Å²) in [5.74, 6) is 4.54. The van der Waals surface area contributed by atoms with Crippen molar-refractivity contribution in [1.82, 2.24) is 10.3 Å². The van der Waals surface area contributed by atoms with Crippen LogP contribution in [0.3, 0.4) is 0 Å². The van der Waals surface area contributed by atoms with Gasteiger partial charge in [-0.05, 0) is 19.4 Å². The average Bonchev–Trinajstić information content (AvgIpc) is 2.74. The number of hydrazine groups is 1. The van der Waals surface area contributed by atoms with Crippen LogP contribution < -0.4 is 17.0 Å². The lowest BCUT2D eigenvalue weighted by Crippen LogP contribution is -2.48. The maximum Gasteiger partial charge on any atom is 0.251 e. The molecule has 5 N–H and O–H groups in total. The highest BCUT2D eigenvalue weighted by Crippen LogP contribution is 2.20. The van der Waals surface area contributed by atoms with Gasteiger partial charge in [0.15, 0.2) is 0 Å². The number of primary amides is 1. The quantitative estimate of drug-likeness (QED) is 0.317. The Hall–Kier alpha value is -1.14. The predicted molar refractivity (Wildman–Crippen MR) is 59.9 cm³/mol. The van der Waals surface area contributed by atoms with Crippen LogP contribution in [0.15, 0.2) is 0 Å². The Morgan fingerprint density at radius 1 is 1.56 bits per heavy atom. The molecule has 0 aromatic heterocycles. The summed E-state index contributed by atoms with van der Waals surface area (Å²) in [4.78, 5) is 24.6. The Balaban J connectivity index is 2.60. The van der Waals surface area contributed by atoms with E-state index >= 15 is 0 Å². The minimum Gasteiger partial charge on any atom is -0.369 e. The van der Waals surface area contributed by atoms with Crippen molar-refractivity contribution in [2.75, 3.05) is 13.1 Å². The fraction of sp³-hybridized carbons (Fsp3) is 0.800. The molecule has 1 saturated heterocycles. The maximum atomic E-state index is 11.6. The number of carbonyl (C=O) groups excluding carboxylic acids is 2. The summed E-state index contributed by atoms with van der Waals surface area (Å²) in [5, 5.41) is 0. The molecular formula is C10H20N4O2. The summed E-state index contributed by atoms with van der Waals surface area (Å²) in [6, 6.07) is -0.237. The molecule has 92 valence electrons. The zero-order valence-corrected chi connectivity index (χ0v) is 9.61.